The first-order valence-electron chi connectivity index (χ1n) is 12.1. The summed E-state index contributed by atoms with van der Waals surface area (Å²) < 4.78 is 0. The van der Waals surface area contributed by atoms with Crippen LogP contribution in [0.15, 0.2) is 60.7 Å². The highest BCUT2D eigenvalue weighted by Crippen LogP contribution is 2.20. The summed E-state index contributed by atoms with van der Waals surface area (Å²) in [6, 6.07) is 18.7. The number of aliphatic carboxylic acids is 1. The van der Waals surface area contributed by atoms with Gasteiger partial charge in [0.25, 0.3) is 0 Å². The molecule has 0 fully saturated rings. The van der Waals surface area contributed by atoms with Crippen LogP contribution in [0.4, 0.5) is 0 Å². The molecule has 0 aliphatic rings. The molecule has 0 aliphatic carbocycles. The van der Waals surface area contributed by atoms with Gasteiger partial charge in [0, 0.05) is 58.1 Å². The normalized spacial score (nSPS) is 12.4. The van der Waals surface area contributed by atoms with E-state index in [4.69, 9.17) is 33.2 Å². The molecular weight excluding hydrogens is 495 g/mol. The molecule has 0 spiro atoms. The number of benzene rings is 2. The van der Waals surface area contributed by atoms with Crippen LogP contribution in [-0.2, 0) is 17.6 Å². The highest BCUT2D eigenvalue weighted by molar-refractivity contribution is 6.31. The topological polar surface area (TPSA) is 78.4 Å². The Bertz CT molecular complexity index is 1260. The smallest absolute Gasteiger partial charge is 0.320 e. The van der Waals surface area contributed by atoms with Crippen molar-refractivity contribution in [3.8, 4) is 0 Å². The Labute approximate surface area is 221 Å². The number of nitrogens with zero attached hydrogens (tertiary/aromatic N) is 3. The lowest BCUT2D eigenvalue weighted by Gasteiger charge is -2.29. The van der Waals surface area contributed by atoms with Crippen LogP contribution in [0.1, 0.15) is 24.2 Å². The number of hydrogen-bond donors (Lipinski definition) is 2. The third-order valence-electron chi connectivity index (χ3n) is 6.36. The van der Waals surface area contributed by atoms with Gasteiger partial charge in [0.1, 0.15) is 6.04 Å². The Balaban J connectivity index is 1.50. The van der Waals surface area contributed by atoms with E-state index < -0.39 is 12.0 Å². The highest BCUT2D eigenvalue weighted by atomic mass is 35.5. The molecule has 188 valence electrons. The number of carbonyl (C=O) groups is 1. The maximum atomic E-state index is 12.3. The van der Waals surface area contributed by atoms with Gasteiger partial charge in [-0.2, -0.15) is 0 Å². The summed E-state index contributed by atoms with van der Waals surface area (Å²) in [5, 5.41) is 16.5. The van der Waals surface area contributed by atoms with Gasteiger partial charge in [-0.15, -0.1) is 0 Å². The fraction of sp³-hybridized carbons (Fsp3) is 0.321. The second-order valence-corrected chi connectivity index (χ2v) is 9.79. The van der Waals surface area contributed by atoms with Crippen LogP contribution < -0.4 is 5.32 Å². The Kier molecular flexibility index (Phi) is 9.10. The van der Waals surface area contributed by atoms with Crippen LogP contribution in [0.2, 0.25) is 10.0 Å². The first-order chi connectivity index (χ1) is 17.4. The number of halogens is 2. The zero-order valence-electron chi connectivity index (χ0n) is 20.3. The second kappa shape index (κ2) is 12.5. The molecule has 1 unspecified atom stereocenters. The Hall–Kier alpha value is -2.77. The number of aromatic nitrogens is 2. The Morgan fingerprint density at radius 3 is 1.89 bits per heavy atom. The summed E-state index contributed by atoms with van der Waals surface area (Å²) in [6.07, 6.45) is 2.66. The van der Waals surface area contributed by atoms with Gasteiger partial charge in [-0.3, -0.25) is 19.7 Å². The number of pyridine rings is 2. The van der Waals surface area contributed by atoms with E-state index in [0.29, 0.717) is 42.4 Å². The minimum atomic E-state index is -0.798. The predicted molar refractivity (Wildman–Crippen MR) is 147 cm³/mol. The third kappa shape index (κ3) is 6.92. The standard InChI is InChI=1S/C28H30Cl2N4O2/c1-31-14-2-3-27(28(35)36)34(15-12-23-8-4-19-17-21(29)6-10-25(19)32-23)16-13-24-9-5-20-18-22(30)7-11-26(20)33-24/h4-11,17-18,27,31H,2-3,12-16H2,1H3,(H,35,36). The monoisotopic (exact) mass is 524 g/mol. The predicted octanol–water partition coefficient (Wildman–Crippen LogP) is 5.63. The highest BCUT2D eigenvalue weighted by Gasteiger charge is 2.25. The van der Waals surface area contributed by atoms with Gasteiger partial charge in [-0.25, -0.2) is 0 Å². The molecule has 2 heterocycles. The molecule has 0 amide bonds. The summed E-state index contributed by atoms with van der Waals surface area (Å²) in [5.74, 6) is -0.798. The van der Waals surface area contributed by atoms with Crippen LogP contribution in [0.25, 0.3) is 21.8 Å². The Morgan fingerprint density at radius 1 is 0.889 bits per heavy atom. The van der Waals surface area contributed by atoms with E-state index >= 15 is 0 Å². The van der Waals surface area contributed by atoms with E-state index in [1.165, 1.54) is 0 Å². The molecule has 36 heavy (non-hydrogen) atoms. The van der Waals surface area contributed by atoms with Gasteiger partial charge in [0.2, 0.25) is 0 Å². The van der Waals surface area contributed by atoms with Crippen molar-refractivity contribution < 1.29 is 9.90 Å². The van der Waals surface area contributed by atoms with Crippen molar-refractivity contribution in [1.29, 1.82) is 0 Å². The molecule has 2 aromatic heterocycles. The molecule has 0 aliphatic heterocycles. The van der Waals surface area contributed by atoms with Crippen molar-refractivity contribution in [2.75, 3.05) is 26.7 Å². The number of hydrogen-bond acceptors (Lipinski definition) is 5. The average molecular weight is 525 g/mol. The number of nitrogens with one attached hydrogen (secondary N) is 1. The van der Waals surface area contributed by atoms with Crippen LogP contribution >= 0.6 is 23.2 Å². The number of rotatable bonds is 12. The van der Waals surface area contributed by atoms with Crippen LogP contribution in [-0.4, -0.2) is 58.7 Å². The fourth-order valence-corrected chi connectivity index (χ4v) is 4.79. The first-order valence-corrected chi connectivity index (χ1v) is 12.9. The van der Waals surface area contributed by atoms with Crippen LogP contribution in [0.3, 0.4) is 0 Å². The fourth-order valence-electron chi connectivity index (χ4n) is 4.43. The SMILES string of the molecule is CNCCCC(C(=O)O)N(CCc1ccc2cc(Cl)ccc2n1)CCc1ccc2cc(Cl)ccc2n1. The molecule has 8 heteroatoms. The van der Waals surface area contributed by atoms with E-state index in [-0.39, 0.29) is 0 Å². The molecule has 2 aromatic carbocycles. The average Bonchev–Trinajstić information content (AvgIpc) is 2.87. The van der Waals surface area contributed by atoms with Gasteiger partial charge in [-0.05, 0) is 75.0 Å². The molecule has 2 N–H and O–H groups in total. The second-order valence-electron chi connectivity index (χ2n) is 8.92. The van der Waals surface area contributed by atoms with Gasteiger partial charge < -0.3 is 10.4 Å². The van der Waals surface area contributed by atoms with Crippen LogP contribution in [0, 0.1) is 0 Å². The van der Waals surface area contributed by atoms with Gasteiger partial charge >= 0.3 is 5.97 Å². The summed E-state index contributed by atoms with van der Waals surface area (Å²) in [4.78, 5) is 23.8. The zero-order chi connectivity index (χ0) is 25.5. The van der Waals surface area contributed by atoms with E-state index in [9.17, 15) is 9.90 Å². The lowest BCUT2D eigenvalue weighted by molar-refractivity contribution is -0.143. The van der Waals surface area contributed by atoms with Gasteiger partial charge in [-0.1, -0.05) is 35.3 Å². The van der Waals surface area contributed by atoms with E-state index in [2.05, 4.69) is 10.2 Å². The molecule has 0 saturated heterocycles. The molecule has 4 rings (SSSR count). The van der Waals surface area contributed by atoms with E-state index in [0.717, 1.165) is 46.2 Å². The van der Waals surface area contributed by atoms with Crippen molar-refractivity contribution in [2.45, 2.75) is 31.7 Å². The number of carboxylic acid groups (broad SMARTS) is 1. The van der Waals surface area contributed by atoms with Gasteiger partial charge in [0.15, 0.2) is 0 Å². The summed E-state index contributed by atoms with van der Waals surface area (Å²) in [6.45, 7) is 1.96. The number of fused-ring (bicyclic) bond motifs is 2. The molecule has 0 radical (unpaired) electrons. The van der Waals surface area contributed by atoms with Gasteiger partial charge in [0.05, 0.1) is 11.0 Å². The summed E-state index contributed by atoms with van der Waals surface area (Å²) >= 11 is 12.2. The minimum absolute atomic E-state index is 0.572. The Morgan fingerprint density at radius 2 is 1.42 bits per heavy atom. The molecule has 6 nitrogen and oxygen atoms in total. The molecule has 0 saturated carbocycles. The van der Waals surface area contributed by atoms with Crippen molar-refractivity contribution in [3.05, 3.63) is 82.1 Å². The lowest BCUT2D eigenvalue weighted by atomic mass is 10.1. The first kappa shape index (κ1) is 26.3. The molecule has 4 aromatic rings. The third-order valence-corrected chi connectivity index (χ3v) is 6.83. The maximum absolute atomic E-state index is 12.3. The zero-order valence-corrected chi connectivity index (χ0v) is 21.8. The maximum Gasteiger partial charge on any atom is 0.320 e. The van der Waals surface area contributed by atoms with E-state index in [1.54, 1.807) is 0 Å². The summed E-state index contributed by atoms with van der Waals surface area (Å²) in [5.41, 5.74) is 3.62. The van der Waals surface area contributed by atoms with E-state index in [1.807, 2.05) is 67.7 Å². The van der Waals surface area contributed by atoms with Crippen molar-refractivity contribution in [1.82, 2.24) is 20.2 Å². The van der Waals surface area contributed by atoms with Crippen LogP contribution in [0.5, 0.6) is 0 Å². The quantitative estimate of drug-likeness (QED) is 0.234. The minimum Gasteiger partial charge on any atom is -0.480 e. The molecular formula is C28H30Cl2N4O2. The van der Waals surface area contributed by atoms with Crippen molar-refractivity contribution in [2.24, 2.45) is 0 Å². The molecule has 0 bridgehead atoms. The molecule has 1 atom stereocenters. The number of carboxylic acids is 1. The lowest BCUT2D eigenvalue weighted by Crippen LogP contribution is -2.44. The van der Waals surface area contributed by atoms with Crippen molar-refractivity contribution in [3.63, 3.8) is 0 Å². The van der Waals surface area contributed by atoms with Crippen molar-refractivity contribution >= 4 is 51.0 Å². The summed E-state index contributed by atoms with van der Waals surface area (Å²) in [7, 11) is 1.88. The largest absolute Gasteiger partial charge is 0.480 e.